The zero-order valence-electron chi connectivity index (χ0n) is 8.33. The predicted molar refractivity (Wildman–Crippen MR) is 49.6 cm³/mol. The molecule has 5 nitrogen and oxygen atoms in total. The number of carboxylic acid groups (broad SMARTS) is 1. The van der Waals surface area contributed by atoms with Gasteiger partial charge in [0.25, 0.3) is 0 Å². The molecule has 0 spiro atoms. The number of rotatable bonds is 2. The van der Waals surface area contributed by atoms with Crippen molar-refractivity contribution in [3.05, 3.63) is 0 Å². The molecule has 0 aromatic heterocycles. The summed E-state index contributed by atoms with van der Waals surface area (Å²) < 4.78 is 4.81. The van der Waals surface area contributed by atoms with E-state index in [1.165, 1.54) is 0 Å². The van der Waals surface area contributed by atoms with Gasteiger partial charge in [-0.1, -0.05) is 5.92 Å². The molecule has 0 aliphatic carbocycles. The van der Waals surface area contributed by atoms with Crippen LogP contribution in [0.15, 0.2) is 0 Å². The smallest absolute Gasteiger partial charge is 0.409 e. The van der Waals surface area contributed by atoms with Gasteiger partial charge in [0.05, 0.1) is 0 Å². The van der Waals surface area contributed by atoms with Crippen molar-refractivity contribution in [3.8, 4) is 12.3 Å². The van der Waals surface area contributed by atoms with Crippen LogP contribution < -0.4 is 5.32 Å². The molecular weight excluding hydrogens is 186 g/mol. The molecule has 0 bridgehead atoms. The highest BCUT2D eigenvalue weighted by atomic mass is 16.6. The number of amides is 1. The summed E-state index contributed by atoms with van der Waals surface area (Å²) in [7, 11) is 0. The third-order valence-electron chi connectivity index (χ3n) is 1.07. The monoisotopic (exact) mass is 199 g/mol. The Hall–Kier alpha value is -1.70. The number of carbonyl (C=O) groups excluding carboxylic acids is 1. The minimum absolute atomic E-state index is 0.679. The van der Waals surface area contributed by atoms with E-state index in [0.717, 1.165) is 0 Å². The number of terminal acetylenes is 1. The summed E-state index contributed by atoms with van der Waals surface area (Å²) in [6.45, 7) is 4.99. The molecule has 14 heavy (non-hydrogen) atoms. The molecule has 0 unspecified atom stereocenters. The first-order valence-corrected chi connectivity index (χ1v) is 3.94. The summed E-state index contributed by atoms with van der Waals surface area (Å²) in [6.07, 6.45) is 4.04. The standard InChI is InChI=1S/C9H13NO4/c1-5-6(7(11)12)10-8(13)14-9(2,3)4/h1,6H,2-4H3,(H,10,13)(H,11,12)/t6-/m1/s1. The number of carbonyl (C=O) groups is 2. The lowest BCUT2D eigenvalue weighted by Gasteiger charge is -2.20. The third kappa shape index (κ3) is 5.04. The quantitative estimate of drug-likeness (QED) is 0.638. The normalized spacial score (nSPS) is 12.4. The number of aliphatic carboxylic acids is 1. The fraction of sp³-hybridized carbons (Fsp3) is 0.556. The number of ether oxygens (including phenoxy) is 1. The average Bonchev–Trinajstić information content (AvgIpc) is 1.96. The van der Waals surface area contributed by atoms with E-state index in [9.17, 15) is 9.59 Å². The van der Waals surface area contributed by atoms with E-state index in [-0.39, 0.29) is 0 Å². The lowest BCUT2D eigenvalue weighted by Crippen LogP contribution is -2.42. The number of hydrogen-bond donors (Lipinski definition) is 2. The van der Waals surface area contributed by atoms with Gasteiger partial charge in [-0.05, 0) is 20.8 Å². The Balaban J connectivity index is 4.20. The molecular formula is C9H13NO4. The van der Waals surface area contributed by atoms with Crippen molar-refractivity contribution in [2.45, 2.75) is 32.4 Å². The first kappa shape index (κ1) is 12.3. The van der Waals surface area contributed by atoms with Gasteiger partial charge in [0.1, 0.15) is 5.60 Å². The van der Waals surface area contributed by atoms with Crippen LogP contribution in [0.1, 0.15) is 20.8 Å². The largest absolute Gasteiger partial charge is 0.479 e. The van der Waals surface area contributed by atoms with Crippen LogP contribution in [-0.2, 0) is 9.53 Å². The fourth-order valence-corrected chi connectivity index (χ4v) is 0.600. The zero-order chi connectivity index (χ0) is 11.4. The Labute approximate surface area is 82.4 Å². The molecule has 0 rings (SSSR count). The Kier molecular flexibility index (Phi) is 3.96. The van der Waals surface area contributed by atoms with Crippen molar-refractivity contribution in [1.29, 1.82) is 0 Å². The first-order chi connectivity index (χ1) is 6.26. The van der Waals surface area contributed by atoms with E-state index in [1.807, 2.05) is 11.2 Å². The highest BCUT2D eigenvalue weighted by molar-refractivity contribution is 5.82. The van der Waals surface area contributed by atoms with E-state index in [1.54, 1.807) is 20.8 Å². The van der Waals surface area contributed by atoms with Crippen LogP contribution >= 0.6 is 0 Å². The van der Waals surface area contributed by atoms with Crippen molar-refractivity contribution >= 4 is 12.1 Å². The Morgan fingerprint density at radius 3 is 2.29 bits per heavy atom. The number of nitrogens with one attached hydrogen (secondary N) is 1. The topological polar surface area (TPSA) is 75.6 Å². The van der Waals surface area contributed by atoms with Gasteiger partial charge in [0.2, 0.25) is 0 Å². The van der Waals surface area contributed by atoms with E-state index in [4.69, 9.17) is 16.3 Å². The van der Waals surface area contributed by atoms with Gasteiger partial charge in [-0.15, -0.1) is 6.42 Å². The van der Waals surface area contributed by atoms with Crippen LogP contribution in [0, 0.1) is 12.3 Å². The Morgan fingerprint density at radius 2 is 2.00 bits per heavy atom. The predicted octanol–water partition coefficient (Wildman–Crippen LogP) is 0.597. The van der Waals surface area contributed by atoms with Crippen LogP contribution in [-0.4, -0.2) is 28.8 Å². The fourth-order valence-electron chi connectivity index (χ4n) is 0.600. The summed E-state index contributed by atoms with van der Waals surface area (Å²) in [5.41, 5.74) is -0.679. The summed E-state index contributed by atoms with van der Waals surface area (Å²) in [5, 5.41) is 10.5. The molecule has 2 N–H and O–H groups in total. The van der Waals surface area contributed by atoms with Gasteiger partial charge < -0.3 is 9.84 Å². The Morgan fingerprint density at radius 1 is 1.50 bits per heavy atom. The molecule has 0 radical (unpaired) electrons. The van der Waals surface area contributed by atoms with Crippen molar-refractivity contribution in [2.75, 3.05) is 0 Å². The lowest BCUT2D eigenvalue weighted by molar-refractivity contribution is -0.137. The molecule has 0 heterocycles. The molecule has 78 valence electrons. The lowest BCUT2D eigenvalue weighted by atomic mass is 10.2. The summed E-state index contributed by atoms with van der Waals surface area (Å²) >= 11 is 0. The van der Waals surface area contributed by atoms with Crippen LogP contribution in [0.5, 0.6) is 0 Å². The molecule has 0 aliphatic heterocycles. The molecule has 0 aromatic carbocycles. The van der Waals surface area contributed by atoms with Crippen molar-refractivity contribution in [2.24, 2.45) is 0 Å². The molecule has 0 saturated heterocycles. The van der Waals surface area contributed by atoms with Crippen molar-refractivity contribution < 1.29 is 19.4 Å². The van der Waals surface area contributed by atoms with Crippen molar-refractivity contribution in [1.82, 2.24) is 5.32 Å². The van der Waals surface area contributed by atoms with E-state index in [2.05, 4.69) is 0 Å². The van der Waals surface area contributed by atoms with E-state index < -0.39 is 23.7 Å². The molecule has 1 amide bonds. The summed E-state index contributed by atoms with van der Waals surface area (Å²) in [4.78, 5) is 21.5. The molecule has 5 heteroatoms. The second-order valence-electron chi connectivity index (χ2n) is 3.58. The number of carboxylic acids is 1. The van der Waals surface area contributed by atoms with Crippen molar-refractivity contribution in [3.63, 3.8) is 0 Å². The maximum Gasteiger partial charge on any atom is 0.409 e. The molecule has 1 atom stereocenters. The van der Waals surface area contributed by atoms with E-state index >= 15 is 0 Å². The van der Waals surface area contributed by atoms with Gasteiger partial charge in [-0.3, -0.25) is 5.32 Å². The zero-order valence-corrected chi connectivity index (χ0v) is 8.33. The summed E-state index contributed by atoms with van der Waals surface area (Å²) in [5.74, 6) is 0.613. The minimum Gasteiger partial charge on any atom is -0.479 e. The maximum absolute atomic E-state index is 11.0. The highest BCUT2D eigenvalue weighted by Crippen LogP contribution is 2.06. The van der Waals surface area contributed by atoms with E-state index in [0.29, 0.717) is 0 Å². The average molecular weight is 199 g/mol. The van der Waals surface area contributed by atoms with Gasteiger partial charge in [0, 0.05) is 0 Å². The van der Waals surface area contributed by atoms with Gasteiger partial charge >= 0.3 is 12.1 Å². The SMILES string of the molecule is C#C[C@@H](NC(=O)OC(C)(C)C)C(=O)O. The Bertz CT molecular complexity index is 272. The van der Waals surface area contributed by atoms with Gasteiger partial charge in [-0.25, -0.2) is 9.59 Å². The molecule has 0 fully saturated rings. The summed E-state index contributed by atoms with van der Waals surface area (Å²) in [6, 6.07) is -1.36. The maximum atomic E-state index is 11.0. The van der Waals surface area contributed by atoms with Crippen LogP contribution in [0.2, 0.25) is 0 Å². The molecule has 0 aliphatic rings. The van der Waals surface area contributed by atoms with Gasteiger partial charge in [0.15, 0.2) is 6.04 Å². The molecule has 0 saturated carbocycles. The van der Waals surface area contributed by atoms with Gasteiger partial charge in [-0.2, -0.15) is 0 Å². The number of alkyl carbamates (subject to hydrolysis) is 1. The second kappa shape index (κ2) is 4.51. The highest BCUT2D eigenvalue weighted by Gasteiger charge is 2.21. The van der Waals surface area contributed by atoms with Crippen LogP contribution in [0.3, 0.4) is 0 Å². The minimum atomic E-state index is -1.36. The third-order valence-corrected chi connectivity index (χ3v) is 1.07. The first-order valence-electron chi connectivity index (χ1n) is 3.94. The number of hydrogen-bond acceptors (Lipinski definition) is 3. The van der Waals surface area contributed by atoms with Crippen LogP contribution in [0.4, 0.5) is 4.79 Å². The van der Waals surface area contributed by atoms with Crippen LogP contribution in [0.25, 0.3) is 0 Å². The molecule has 0 aromatic rings. The second-order valence-corrected chi connectivity index (χ2v) is 3.58.